The molecule has 0 saturated carbocycles. The number of hydrogen-bond acceptors (Lipinski definition) is 4. The molecular formula is C17H18N4O2. The molecule has 0 aliphatic rings. The zero-order valence-corrected chi connectivity index (χ0v) is 12.9. The fraction of sp³-hybridized carbons (Fsp3) is 0.235. The van der Waals surface area contributed by atoms with Gasteiger partial charge in [0.2, 0.25) is 0 Å². The molecule has 1 amide bonds. The molecule has 3 aromatic rings. The maximum atomic E-state index is 12.2. The normalized spacial score (nSPS) is 10.8. The Hall–Kier alpha value is -2.73. The molecule has 0 fully saturated rings. The van der Waals surface area contributed by atoms with Gasteiger partial charge in [0.25, 0.3) is 5.91 Å². The number of amides is 1. The van der Waals surface area contributed by atoms with E-state index in [2.05, 4.69) is 15.5 Å². The van der Waals surface area contributed by atoms with Gasteiger partial charge in [-0.15, -0.1) is 10.2 Å². The van der Waals surface area contributed by atoms with Gasteiger partial charge in [-0.1, -0.05) is 18.2 Å². The molecule has 0 aliphatic heterocycles. The van der Waals surface area contributed by atoms with E-state index < -0.39 is 0 Å². The molecule has 1 N–H and O–H groups in total. The molecule has 0 bridgehead atoms. The van der Waals surface area contributed by atoms with Gasteiger partial charge in [-0.05, 0) is 29.8 Å². The van der Waals surface area contributed by atoms with Crippen LogP contribution in [0.2, 0.25) is 0 Å². The summed E-state index contributed by atoms with van der Waals surface area (Å²) in [6, 6.07) is 13.2. The van der Waals surface area contributed by atoms with Crippen LogP contribution < -0.4 is 5.32 Å². The lowest BCUT2D eigenvalue weighted by Gasteiger charge is -2.06. The Kier molecular flexibility index (Phi) is 4.63. The summed E-state index contributed by atoms with van der Waals surface area (Å²) in [5.74, 6) is 0.728. The van der Waals surface area contributed by atoms with Crippen LogP contribution in [0.4, 0.5) is 0 Å². The van der Waals surface area contributed by atoms with Gasteiger partial charge in [-0.2, -0.15) is 0 Å². The maximum absolute atomic E-state index is 12.2. The monoisotopic (exact) mass is 310 g/mol. The molecule has 0 radical (unpaired) electrons. The van der Waals surface area contributed by atoms with Crippen molar-refractivity contribution in [1.29, 1.82) is 0 Å². The van der Waals surface area contributed by atoms with Crippen LogP contribution in [0.25, 0.3) is 5.65 Å². The Morgan fingerprint density at radius 2 is 2.13 bits per heavy atom. The number of nitrogens with one attached hydrogen (secondary N) is 1. The zero-order chi connectivity index (χ0) is 16.1. The second-order valence-electron chi connectivity index (χ2n) is 5.18. The number of methoxy groups -OCH3 is 1. The van der Waals surface area contributed by atoms with E-state index in [1.165, 1.54) is 0 Å². The highest BCUT2D eigenvalue weighted by Crippen LogP contribution is 2.07. The third kappa shape index (κ3) is 3.54. The van der Waals surface area contributed by atoms with Crippen molar-refractivity contribution in [2.24, 2.45) is 0 Å². The number of ether oxygens (including phenoxy) is 1. The van der Waals surface area contributed by atoms with Crippen molar-refractivity contribution in [1.82, 2.24) is 19.9 Å². The maximum Gasteiger partial charge on any atom is 0.251 e. The highest BCUT2D eigenvalue weighted by atomic mass is 16.5. The molecule has 0 spiro atoms. The van der Waals surface area contributed by atoms with Gasteiger partial charge in [0.15, 0.2) is 5.65 Å². The standard InChI is InChI=1S/C17H18N4O2/c1-23-12-13-5-4-6-14(11-13)17(22)18-9-8-16-20-19-15-7-2-3-10-21(15)16/h2-7,10-11H,8-9,12H2,1H3,(H,18,22). The van der Waals surface area contributed by atoms with Crippen LogP contribution in [0.1, 0.15) is 21.7 Å². The van der Waals surface area contributed by atoms with Crippen LogP contribution in [0.5, 0.6) is 0 Å². The van der Waals surface area contributed by atoms with Crippen molar-refractivity contribution in [2.75, 3.05) is 13.7 Å². The highest BCUT2D eigenvalue weighted by Gasteiger charge is 2.08. The van der Waals surface area contributed by atoms with E-state index in [1.54, 1.807) is 13.2 Å². The quantitative estimate of drug-likeness (QED) is 0.754. The molecule has 2 heterocycles. The molecule has 1 aromatic carbocycles. The number of carbonyl (C=O) groups is 1. The van der Waals surface area contributed by atoms with E-state index in [4.69, 9.17) is 4.74 Å². The SMILES string of the molecule is COCc1cccc(C(=O)NCCc2nnc3ccccn23)c1. The fourth-order valence-electron chi connectivity index (χ4n) is 2.42. The Morgan fingerprint density at radius 1 is 1.22 bits per heavy atom. The third-order valence-corrected chi connectivity index (χ3v) is 3.52. The van der Waals surface area contributed by atoms with Crippen LogP contribution in [0.15, 0.2) is 48.7 Å². The molecule has 6 heteroatoms. The lowest BCUT2D eigenvalue weighted by Crippen LogP contribution is -2.26. The van der Waals surface area contributed by atoms with Crippen molar-refractivity contribution >= 4 is 11.6 Å². The van der Waals surface area contributed by atoms with Crippen LogP contribution in [-0.4, -0.2) is 34.2 Å². The van der Waals surface area contributed by atoms with Crippen LogP contribution in [-0.2, 0) is 17.8 Å². The van der Waals surface area contributed by atoms with Crippen LogP contribution in [0.3, 0.4) is 0 Å². The van der Waals surface area contributed by atoms with Gasteiger partial charge < -0.3 is 10.1 Å². The van der Waals surface area contributed by atoms with E-state index in [0.29, 0.717) is 25.1 Å². The second-order valence-corrected chi connectivity index (χ2v) is 5.18. The van der Waals surface area contributed by atoms with Gasteiger partial charge in [0.1, 0.15) is 5.82 Å². The number of nitrogens with zero attached hydrogens (tertiary/aromatic N) is 3. The molecule has 3 rings (SSSR count). The predicted octanol–water partition coefficient (Wildman–Crippen LogP) is 1.85. The van der Waals surface area contributed by atoms with Gasteiger partial charge in [-0.25, -0.2) is 0 Å². The van der Waals surface area contributed by atoms with Crippen molar-refractivity contribution < 1.29 is 9.53 Å². The summed E-state index contributed by atoms with van der Waals surface area (Å²) in [5.41, 5.74) is 2.41. The number of rotatable bonds is 6. The van der Waals surface area contributed by atoms with E-state index in [1.807, 2.05) is 47.0 Å². The Labute approximate surface area is 134 Å². The van der Waals surface area contributed by atoms with E-state index in [0.717, 1.165) is 17.0 Å². The van der Waals surface area contributed by atoms with Crippen LogP contribution in [0, 0.1) is 0 Å². The molecule has 2 aromatic heterocycles. The zero-order valence-electron chi connectivity index (χ0n) is 12.9. The lowest BCUT2D eigenvalue weighted by molar-refractivity contribution is 0.0953. The smallest absolute Gasteiger partial charge is 0.251 e. The van der Waals surface area contributed by atoms with Crippen LogP contribution >= 0.6 is 0 Å². The molecule has 0 atom stereocenters. The molecule has 6 nitrogen and oxygen atoms in total. The minimum atomic E-state index is -0.100. The molecule has 118 valence electrons. The minimum Gasteiger partial charge on any atom is -0.380 e. The van der Waals surface area contributed by atoms with E-state index in [-0.39, 0.29) is 5.91 Å². The summed E-state index contributed by atoms with van der Waals surface area (Å²) in [4.78, 5) is 12.2. The molecule has 23 heavy (non-hydrogen) atoms. The number of aromatic nitrogens is 3. The summed E-state index contributed by atoms with van der Waals surface area (Å²) in [6.45, 7) is 0.996. The largest absolute Gasteiger partial charge is 0.380 e. The van der Waals surface area contributed by atoms with Crippen molar-refractivity contribution in [3.05, 3.63) is 65.6 Å². The number of hydrogen-bond donors (Lipinski definition) is 1. The van der Waals surface area contributed by atoms with E-state index in [9.17, 15) is 4.79 Å². The average Bonchev–Trinajstić information content (AvgIpc) is 2.99. The Bertz CT molecular complexity index is 813. The first-order chi connectivity index (χ1) is 11.3. The predicted molar refractivity (Wildman–Crippen MR) is 86.2 cm³/mol. The molecule has 0 aliphatic carbocycles. The first-order valence-electron chi connectivity index (χ1n) is 7.42. The van der Waals surface area contributed by atoms with Crippen molar-refractivity contribution in [3.8, 4) is 0 Å². The molecular weight excluding hydrogens is 292 g/mol. The van der Waals surface area contributed by atoms with Crippen molar-refractivity contribution in [2.45, 2.75) is 13.0 Å². The van der Waals surface area contributed by atoms with Crippen molar-refractivity contribution in [3.63, 3.8) is 0 Å². The Balaban J connectivity index is 1.60. The average molecular weight is 310 g/mol. The number of pyridine rings is 1. The molecule has 0 unspecified atom stereocenters. The van der Waals surface area contributed by atoms with Gasteiger partial charge >= 0.3 is 0 Å². The summed E-state index contributed by atoms with van der Waals surface area (Å²) in [5, 5.41) is 11.2. The minimum absolute atomic E-state index is 0.100. The number of fused-ring (bicyclic) bond motifs is 1. The van der Waals surface area contributed by atoms with Gasteiger partial charge in [-0.3, -0.25) is 9.20 Å². The van der Waals surface area contributed by atoms with Gasteiger partial charge in [0, 0.05) is 31.8 Å². The third-order valence-electron chi connectivity index (χ3n) is 3.52. The van der Waals surface area contributed by atoms with Gasteiger partial charge in [0.05, 0.1) is 6.61 Å². The number of carbonyl (C=O) groups excluding carboxylic acids is 1. The fourth-order valence-corrected chi connectivity index (χ4v) is 2.42. The summed E-state index contributed by atoms with van der Waals surface area (Å²) in [6.07, 6.45) is 2.54. The Morgan fingerprint density at radius 3 is 3.00 bits per heavy atom. The highest BCUT2D eigenvalue weighted by molar-refractivity contribution is 5.94. The second kappa shape index (κ2) is 7.02. The summed E-state index contributed by atoms with van der Waals surface area (Å²) in [7, 11) is 1.63. The van der Waals surface area contributed by atoms with E-state index >= 15 is 0 Å². The first-order valence-corrected chi connectivity index (χ1v) is 7.42. The summed E-state index contributed by atoms with van der Waals surface area (Å²) >= 11 is 0. The number of benzene rings is 1. The lowest BCUT2D eigenvalue weighted by atomic mass is 10.1. The summed E-state index contributed by atoms with van der Waals surface area (Å²) < 4.78 is 7.01. The molecule has 0 saturated heterocycles. The first kappa shape index (κ1) is 15.2. The topological polar surface area (TPSA) is 68.5 Å².